The summed E-state index contributed by atoms with van der Waals surface area (Å²) in [5.41, 5.74) is -0.0470. The van der Waals surface area contributed by atoms with E-state index in [0.29, 0.717) is 23.7 Å². The number of halogens is 1. The lowest BCUT2D eigenvalue weighted by molar-refractivity contribution is -0.883. The van der Waals surface area contributed by atoms with Crippen molar-refractivity contribution in [2.75, 3.05) is 33.2 Å². The van der Waals surface area contributed by atoms with Crippen molar-refractivity contribution in [3.63, 3.8) is 0 Å². The Morgan fingerprint density at radius 1 is 1.08 bits per heavy atom. The zero-order chi connectivity index (χ0) is 18.7. The summed E-state index contributed by atoms with van der Waals surface area (Å²) in [5, 5.41) is 0.297. The highest BCUT2D eigenvalue weighted by Gasteiger charge is 2.35. The van der Waals surface area contributed by atoms with Gasteiger partial charge < -0.3 is 9.80 Å². The summed E-state index contributed by atoms with van der Waals surface area (Å²) >= 11 is 6.02. The predicted octanol–water partition coefficient (Wildman–Crippen LogP) is 0.283. The first-order chi connectivity index (χ1) is 12.5. The molecule has 0 spiro atoms. The van der Waals surface area contributed by atoms with Crippen LogP contribution in [0.2, 0.25) is 5.02 Å². The molecule has 136 valence electrons. The zero-order valence-corrected chi connectivity index (χ0v) is 15.3. The molecule has 6 nitrogen and oxygen atoms in total. The number of nitrogens with one attached hydrogen (secondary N) is 1. The third kappa shape index (κ3) is 3.86. The highest BCUT2D eigenvalue weighted by Crippen LogP contribution is 2.18. The molecule has 1 N–H and O–H groups in total. The number of pyridine rings is 1. The molecule has 3 rings (SSSR count). The van der Waals surface area contributed by atoms with Gasteiger partial charge in [-0.25, -0.2) is 0 Å². The second kappa shape index (κ2) is 7.85. The number of quaternary nitrogens is 1. The van der Waals surface area contributed by atoms with Gasteiger partial charge in [-0.05, 0) is 6.07 Å². The van der Waals surface area contributed by atoms with Crippen LogP contribution in [0.25, 0.3) is 0 Å². The molecule has 7 heteroatoms. The number of hydrogen-bond acceptors (Lipinski definition) is 3. The lowest BCUT2D eigenvalue weighted by Gasteiger charge is -2.32. The molecule has 1 fully saturated rings. The Labute approximate surface area is 156 Å². The SMILES string of the molecule is C[NH+]1CCN(C(=O)[C@H](C(=O)c2ccccc2)n2cc(Cl)ccc2=O)CC1. The van der Waals surface area contributed by atoms with Gasteiger partial charge in [0, 0.05) is 17.8 Å². The number of carbonyl (C=O) groups excluding carboxylic acids is 2. The van der Waals surface area contributed by atoms with Crippen LogP contribution >= 0.6 is 11.6 Å². The van der Waals surface area contributed by atoms with Crippen LogP contribution in [0.3, 0.4) is 0 Å². The molecule has 1 aromatic heterocycles. The van der Waals surface area contributed by atoms with Gasteiger partial charge >= 0.3 is 0 Å². The van der Waals surface area contributed by atoms with E-state index in [2.05, 4.69) is 7.05 Å². The van der Waals surface area contributed by atoms with Crippen LogP contribution in [0.5, 0.6) is 0 Å². The number of carbonyl (C=O) groups is 2. The molecule has 1 amide bonds. The van der Waals surface area contributed by atoms with E-state index < -0.39 is 17.4 Å². The summed E-state index contributed by atoms with van der Waals surface area (Å²) < 4.78 is 1.14. The Morgan fingerprint density at radius 2 is 1.73 bits per heavy atom. The van der Waals surface area contributed by atoms with Crippen LogP contribution in [-0.2, 0) is 4.79 Å². The zero-order valence-electron chi connectivity index (χ0n) is 14.5. The minimum Gasteiger partial charge on any atom is -0.334 e. The molecule has 0 bridgehead atoms. The summed E-state index contributed by atoms with van der Waals surface area (Å²) in [4.78, 5) is 41.6. The van der Waals surface area contributed by atoms with Crippen molar-refractivity contribution in [3.05, 3.63) is 69.6 Å². The van der Waals surface area contributed by atoms with E-state index in [0.717, 1.165) is 17.7 Å². The molecule has 26 heavy (non-hydrogen) atoms. The number of rotatable bonds is 4. The molecule has 2 heterocycles. The van der Waals surface area contributed by atoms with Crippen molar-refractivity contribution in [1.29, 1.82) is 0 Å². The fraction of sp³-hybridized carbons (Fsp3) is 0.316. The number of likely N-dealkylation sites (N-methyl/N-ethyl adjacent to an activating group) is 1. The van der Waals surface area contributed by atoms with Gasteiger partial charge in [0.1, 0.15) is 0 Å². The van der Waals surface area contributed by atoms with Crippen molar-refractivity contribution in [2.24, 2.45) is 0 Å². The Balaban J connectivity index is 2.01. The van der Waals surface area contributed by atoms with E-state index in [1.165, 1.54) is 23.2 Å². The number of aromatic nitrogens is 1. The minimum absolute atomic E-state index is 0.297. The Hall–Kier alpha value is -2.44. The van der Waals surface area contributed by atoms with Crippen LogP contribution in [-0.4, -0.2) is 54.4 Å². The van der Waals surface area contributed by atoms with E-state index in [-0.39, 0.29) is 5.91 Å². The molecule has 1 saturated heterocycles. The maximum atomic E-state index is 13.2. The van der Waals surface area contributed by atoms with Gasteiger partial charge in [-0.15, -0.1) is 0 Å². The van der Waals surface area contributed by atoms with Gasteiger partial charge in [0.15, 0.2) is 11.8 Å². The molecule has 2 aromatic rings. The average molecular weight is 375 g/mol. The van der Waals surface area contributed by atoms with E-state index in [1.807, 2.05) is 0 Å². The van der Waals surface area contributed by atoms with Crippen molar-refractivity contribution >= 4 is 23.3 Å². The summed E-state index contributed by atoms with van der Waals surface area (Å²) in [6, 6.07) is 10.0. The van der Waals surface area contributed by atoms with Gasteiger partial charge in [-0.2, -0.15) is 0 Å². The van der Waals surface area contributed by atoms with Crippen LogP contribution in [0.4, 0.5) is 0 Å². The Kier molecular flexibility index (Phi) is 5.54. The van der Waals surface area contributed by atoms with Crippen molar-refractivity contribution < 1.29 is 14.5 Å². The van der Waals surface area contributed by atoms with Gasteiger partial charge in [-0.3, -0.25) is 19.0 Å². The second-order valence-electron chi connectivity index (χ2n) is 6.51. The number of Topliss-reactive ketones (excluding diaryl/α,β-unsaturated/α-hetero) is 1. The maximum absolute atomic E-state index is 13.2. The third-order valence-electron chi connectivity index (χ3n) is 4.65. The standard InChI is InChI=1S/C19H20ClN3O3/c1-21-9-11-22(12-10-21)19(26)17(18(25)14-5-3-2-4-6-14)23-13-15(20)7-8-16(23)24/h2-8,13,17H,9-12H2,1H3/p+1/t17-/m0/s1. The monoisotopic (exact) mass is 374 g/mol. The number of benzene rings is 1. The van der Waals surface area contributed by atoms with Gasteiger partial charge in [-0.1, -0.05) is 41.9 Å². The first kappa shape index (κ1) is 18.4. The van der Waals surface area contributed by atoms with Crippen molar-refractivity contribution in [3.8, 4) is 0 Å². The number of amides is 1. The molecular weight excluding hydrogens is 354 g/mol. The number of nitrogens with zero attached hydrogens (tertiary/aromatic N) is 2. The van der Waals surface area contributed by atoms with E-state index in [4.69, 9.17) is 11.6 Å². The lowest BCUT2D eigenvalue weighted by atomic mass is 10.0. The fourth-order valence-electron chi connectivity index (χ4n) is 3.08. The smallest absolute Gasteiger partial charge is 0.254 e. The van der Waals surface area contributed by atoms with Crippen LogP contribution in [0, 0.1) is 0 Å². The largest absolute Gasteiger partial charge is 0.334 e. The molecule has 0 aliphatic carbocycles. The Bertz CT molecular complexity index is 858. The van der Waals surface area contributed by atoms with Crippen molar-refractivity contribution in [2.45, 2.75) is 6.04 Å². The molecule has 1 aromatic carbocycles. The average Bonchev–Trinajstić information content (AvgIpc) is 2.66. The minimum atomic E-state index is -1.25. The molecule has 1 aliphatic heterocycles. The van der Waals surface area contributed by atoms with E-state index in [9.17, 15) is 14.4 Å². The lowest BCUT2D eigenvalue weighted by Crippen LogP contribution is -3.12. The van der Waals surface area contributed by atoms with Crippen LogP contribution in [0.1, 0.15) is 16.4 Å². The van der Waals surface area contributed by atoms with E-state index >= 15 is 0 Å². The van der Waals surface area contributed by atoms with Crippen LogP contribution < -0.4 is 10.5 Å². The predicted molar refractivity (Wildman–Crippen MR) is 98.7 cm³/mol. The summed E-state index contributed by atoms with van der Waals surface area (Å²) in [6.07, 6.45) is 1.36. The molecular formula is C19H21ClN3O3+. The molecule has 1 atom stereocenters. The third-order valence-corrected chi connectivity index (χ3v) is 4.87. The summed E-state index contributed by atoms with van der Waals surface area (Å²) in [7, 11) is 2.07. The van der Waals surface area contributed by atoms with Crippen LogP contribution in [0.15, 0.2) is 53.5 Å². The maximum Gasteiger partial charge on any atom is 0.254 e. The van der Waals surface area contributed by atoms with Gasteiger partial charge in [0.2, 0.25) is 0 Å². The first-order valence-electron chi connectivity index (χ1n) is 8.54. The molecule has 0 radical (unpaired) electrons. The highest BCUT2D eigenvalue weighted by atomic mass is 35.5. The van der Waals surface area contributed by atoms with Gasteiger partial charge in [0.25, 0.3) is 11.5 Å². The summed E-state index contributed by atoms with van der Waals surface area (Å²) in [5.74, 6) is -0.776. The van der Waals surface area contributed by atoms with Gasteiger partial charge in [0.05, 0.1) is 38.2 Å². The molecule has 0 unspecified atom stereocenters. The van der Waals surface area contributed by atoms with Crippen molar-refractivity contribution in [1.82, 2.24) is 9.47 Å². The number of ketones is 1. The number of hydrogen-bond donors (Lipinski definition) is 1. The summed E-state index contributed by atoms with van der Waals surface area (Å²) in [6.45, 7) is 2.72. The molecule has 0 saturated carbocycles. The first-order valence-corrected chi connectivity index (χ1v) is 8.92. The fourth-order valence-corrected chi connectivity index (χ4v) is 3.25. The second-order valence-corrected chi connectivity index (χ2v) is 6.94. The molecule has 1 aliphatic rings. The highest BCUT2D eigenvalue weighted by molar-refractivity contribution is 6.30. The topological polar surface area (TPSA) is 63.8 Å². The van der Waals surface area contributed by atoms with E-state index in [1.54, 1.807) is 35.2 Å². The normalized spacial score (nSPS) is 16.3. The Morgan fingerprint density at radius 3 is 2.38 bits per heavy atom. The number of piperazine rings is 1. The quantitative estimate of drug-likeness (QED) is 0.617.